The number of hydrogen-bond acceptors (Lipinski definition) is 7. The van der Waals surface area contributed by atoms with Crippen molar-refractivity contribution in [2.24, 2.45) is 0 Å². The number of aromatic amines is 1. The van der Waals surface area contributed by atoms with Gasteiger partial charge in [0, 0.05) is 23.2 Å². The first-order chi connectivity index (χ1) is 18.9. The van der Waals surface area contributed by atoms with Gasteiger partial charge in [-0.1, -0.05) is 60.1 Å². The Labute approximate surface area is 228 Å². The van der Waals surface area contributed by atoms with Crippen molar-refractivity contribution in [3.05, 3.63) is 139 Å². The molecule has 0 amide bonds. The van der Waals surface area contributed by atoms with Crippen LogP contribution in [0.1, 0.15) is 31.8 Å². The molecule has 0 aliphatic heterocycles. The number of carbonyl (C=O) groups is 2. The predicted octanol–water partition coefficient (Wildman–Crippen LogP) is 3.84. The Kier molecular flexibility index (Phi) is 9.44. The summed E-state index contributed by atoms with van der Waals surface area (Å²) in [6.07, 6.45) is 0.731. The maximum atomic E-state index is 12.4. The lowest BCUT2D eigenvalue weighted by atomic mass is 10.1. The lowest BCUT2D eigenvalue weighted by Crippen LogP contribution is -2.35. The molecule has 1 N–H and O–H groups in total. The molecular weight excluding hydrogens is 524 g/mol. The maximum absolute atomic E-state index is 12.4. The van der Waals surface area contributed by atoms with Crippen molar-refractivity contribution in [2.45, 2.75) is 19.3 Å². The van der Waals surface area contributed by atoms with E-state index in [-0.39, 0.29) is 26.4 Å². The first-order valence-corrected chi connectivity index (χ1v) is 12.4. The van der Waals surface area contributed by atoms with Gasteiger partial charge < -0.3 is 14.2 Å². The smallest absolute Gasteiger partial charge is 0.338 e. The molecule has 0 aliphatic rings. The third-order valence-corrected chi connectivity index (χ3v) is 5.87. The second-order valence-electron chi connectivity index (χ2n) is 8.54. The fraction of sp³-hybridized carbons (Fsp3) is 0.172. The van der Waals surface area contributed by atoms with Crippen LogP contribution in [0.3, 0.4) is 0 Å². The minimum absolute atomic E-state index is 0.239. The predicted molar refractivity (Wildman–Crippen MR) is 144 cm³/mol. The number of H-pyrrole nitrogens is 1. The van der Waals surface area contributed by atoms with Gasteiger partial charge in [0.25, 0.3) is 5.56 Å². The van der Waals surface area contributed by atoms with E-state index in [9.17, 15) is 19.2 Å². The SMILES string of the molecule is O=C(OCC(COC(=O)c1ccccc1)OCn1cc(Cc2cccc(Cl)c2)c(=O)[nH]c1=O)c1ccccc1. The van der Waals surface area contributed by atoms with Crippen LogP contribution in [0.4, 0.5) is 0 Å². The standard InChI is InChI=1S/C29H25ClN2O7/c30-24-13-7-8-20(15-24)14-23-16-32(29(36)31-26(23)33)19-39-25(17-37-27(34)21-9-3-1-4-10-21)18-38-28(35)22-11-5-2-6-12-22/h1-13,15-16,25H,14,17-19H2,(H,31,33,36). The molecule has 0 saturated heterocycles. The summed E-state index contributed by atoms with van der Waals surface area (Å²) in [4.78, 5) is 52.0. The largest absolute Gasteiger partial charge is 0.459 e. The molecule has 0 bridgehead atoms. The second-order valence-corrected chi connectivity index (χ2v) is 8.97. The molecule has 0 atom stereocenters. The van der Waals surface area contributed by atoms with Crippen molar-refractivity contribution in [2.75, 3.05) is 13.2 Å². The molecule has 3 aromatic carbocycles. The molecule has 0 aliphatic carbocycles. The normalized spacial score (nSPS) is 10.8. The molecule has 9 nitrogen and oxygen atoms in total. The van der Waals surface area contributed by atoms with E-state index in [1.807, 2.05) is 6.07 Å². The first kappa shape index (κ1) is 27.6. The van der Waals surface area contributed by atoms with Gasteiger partial charge in [-0.15, -0.1) is 0 Å². The van der Waals surface area contributed by atoms with Crippen LogP contribution in [0.15, 0.2) is 101 Å². The Hall–Kier alpha value is -4.47. The van der Waals surface area contributed by atoms with Crippen LogP contribution in [-0.4, -0.2) is 40.8 Å². The van der Waals surface area contributed by atoms with E-state index in [4.69, 9.17) is 25.8 Å². The van der Waals surface area contributed by atoms with E-state index in [2.05, 4.69) is 4.98 Å². The quantitative estimate of drug-likeness (QED) is 0.283. The number of aromatic nitrogens is 2. The van der Waals surface area contributed by atoms with Crippen LogP contribution in [-0.2, 0) is 27.4 Å². The van der Waals surface area contributed by atoms with E-state index in [0.717, 1.165) is 5.56 Å². The first-order valence-electron chi connectivity index (χ1n) is 12.0. The van der Waals surface area contributed by atoms with Crippen LogP contribution in [0, 0.1) is 0 Å². The van der Waals surface area contributed by atoms with Gasteiger partial charge in [0.1, 0.15) is 26.0 Å². The van der Waals surface area contributed by atoms with Gasteiger partial charge in [0.15, 0.2) is 0 Å². The van der Waals surface area contributed by atoms with Gasteiger partial charge in [-0.05, 0) is 42.0 Å². The highest BCUT2D eigenvalue weighted by Crippen LogP contribution is 2.13. The van der Waals surface area contributed by atoms with Gasteiger partial charge in [-0.2, -0.15) is 0 Å². The Morgan fingerprint density at radius 3 is 1.97 bits per heavy atom. The third kappa shape index (κ3) is 8.00. The Bertz CT molecular complexity index is 1480. The van der Waals surface area contributed by atoms with Crippen LogP contribution >= 0.6 is 11.6 Å². The van der Waals surface area contributed by atoms with Crippen molar-refractivity contribution < 1.29 is 23.8 Å². The molecule has 0 radical (unpaired) electrons. The molecule has 1 aromatic heterocycles. The average Bonchev–Trinajstić information content (AvgIpc) is 2.95. The van der Waals surface area contributed by atoms with Crippen LogP contribution < -0.4 is 11.2 Å². The van der Waals surface area contributed by atoms with Crippen molar-refractivity contribution in [1.29, 1.82) is 0 Å². The Balaban J connectivity index is 1.46. The Morgan fingerprint density at radius 2 is 1.41 bits per heavy atom. The summed E-state index contributed by atoms with van der Waals surface area (Å²) in [5, 5.41) is 0.526. The third-order valence-electron chi connectivity index (χ3n) is 5.64. The highest BCUT2D eigenvalue weighted by Gasteiger charge is 2.18. The summed E-state index contributed by atoms with van der Waals surface area (Å²) in [5.41, 5.74) is 0.596. The molecule has 0 saturated carbocycles. The molecule has 4 rings (SSSR count). The summed E-state index contributed by atoms with van der Waals surface area (Å²) < 4.78 is 17.7. The van der Waals surface area contributed by atoms with Crippen molar-refractivity contribution >= 4 is 23.5 Å². The highest BCUT2D eigenvalue weighted by atomic mass is 35.5. The van der Waals surface area contributed by atoms with Gasteiger partial charge >= 0.3 is 17.6 Å². The lowest BCUT2D eigenvalue weighted by Gasteiger charge is -2.19. The molecule has 0 spiro atoms. The topological polar surface area (TPSA) is 117 Å². The van der Waals surface area contributed by atoms with Crippen LogP contribution in [0.2, 0.25) is 5.02 Å². The van der Waals surface area contributed by atoms with Crippen molar-refractivity contribution in [1.82, 2.24) is 9.55 Å². The molecule has 10 heteroatoms. The van der Waals surface area contributed by atoms with Gasteiger partial charge in [0.2, 0.25) is 0 Å². The van der Waals surface area contributed by atoms with E-state index >= 15 is 0 Å². The van der Waals surface area contributed by atoms with E-state index < -0.39 is 29.3 Å². The number of esters is 2. The van der Waals surface area contributed by atoms with Crippen LogP contribution in [0.25, 0.3) is 0 Å². The molecule has 200 valence electrons. The van der Waals surface area contributed by atoms with E-state index in [1.165, 1.54) is 10.8 Å². The minimum Gasteiger partial charge on any atom is -0.459 e. The van der Waals surface area contributed by atoms with Crippen molar-refractivity contribution in [3.63, 3.8) is 0 Å². The number of benzene rings is 3. The zero-order chi connectivity index (χ0) is 27.6. The molecular formula is C29H25ClN2O7. The Morgan fingerprint density at radius 1 is 0.821 bits per heavy atom. The summed E-state index contributed by atoms with van der Waals surface area (Å²) in [6, 6.07) is 23.8. The summed E-state index contributed by atoms with van der Waals surface area (Å²) in [7, 11) is 0. The molecule has 0 unspecified atom stereocenters. The minimum atomic E-state index is -0.902. The molecule has 0 fully saturated rings. The molecule has 39 heavy (non-hydrogen) atoms. The zero-order valence-corrected chi connectivity index (χ0v) is 21.5. The van der Waals surface area contributed by atoms with Gasteiger partial charge in [-0.25, -0.2) is 14.4 Å². The van der Waals surface area contributed by atoms with Gasteiger partial charge in [0.05, 0.1) is 11.1 Å². The van der Waals surface area contributed by atoms with Crippen molar-refractivity contribution in [3.8, 4) is 0 Å². The summed E-state index contributed by atoms with van der Waals surface area (Å²) in [5.74, 6) is -1.16. The number of halogens is 1. The fourth-order valence-corrected chi connectivity index (χ4v) is 3.84. The number of nitrogens with zero attached hydrogens (tertiary/aromatic N) is 1. The number of rotatable bonds is 11. The fourth-order valence-electron chi connectivity index (χ4n) is 3.63. The molecule has 1 heterocycles. The zero-order valence-electron chi connectivity index (χ0n) is 20.7. The summed E-state index contributed by atoms with van der Waals surface area (Å²) in [6.45, 7) is -0.791. The average molecular weight is 549 g/mol. The molecule has 4 aromatic rings. The highest BCUT2D eigenvalue weighted by molar-refractivity contribution is 6.30. The lowest BCUT2D eigenvalue weighted by molar-refractivity contribution is -0.0636. The number of hydrogen-bond donors (Lipinski definition) is 1. The number of ether oxygens (including phenoxy) is 3. The summed E-state index contributed by atoms with van der Waals surface area (Å²) >= 11 is 6.04. The van der Waals surface area contributed by atoms with E-state index in [1.54, 1.807) is 78.9 Å². The second kappa shape index (κ2) is 13.4. The number of nitrogens with one attached hydrogen (secondary N) is 1. The number of carbonyl (C=O) groups excluding carboxylic acids is 2. The monoisotopic (exact) mass is 548 g/mol. The van der Waals surface area contributed by atoms with E-state index in [0.29, 0.717) is 21.7 Å². The van der Waals surface area contributed by atoms with Gasteiger partial charge in [-0.3, -0.25) is 14.3 Å². The van der Waals surface area contributed by atoms with Crippen LogP contribution in [0.5, 0.6) is 0 Å². The maximum Gasteiger partial charge on any atom is 0.338 e.